The predicted octanol–water partition coefficient (Wildman–Crippen LogP) is 4.32. The van der Waals surface area contributed by atoms with E-state index in [0.29, 0.717) is 29.2 Å². The number of carbonyl (C=O) groups excluding carboxylic acids is 1. The number of hydrogen-bond donors (Lipinski definition) is 1. The van der Waals surface area contributed by atoms with Gasteiger partial charge in [-0.05, 0) is 51.0 Å². The number of aryl methyl sites for hydroxylation is 3. The van der Waals surface area contributed by atoms with E-state index in [-0.39, 0.29) is 5.91 Å². The Morgan fingerprint density at radius 3 is 2.59 bits per heavy atom. The number of thiazole rings is 1. The Kier molecular flexibility index (Phi) is 5.36. The number of rotatable bonds is 5. The van der Waals surface area contributed by atoms with Gasteiger partial charge in [-0.1, -0.05) is 0 Å². The van der Waals surface area contributed by atoms with Gasteiger partial charge >= 0.3 is 0 Å². The summed E-state index contributed by atoms with van der Waals surface area (Å²) in [5, 5.41) is 7.58. The first kappa shape index (κ1) is 19.2. The van der Waals surface area contributed by atoms with E-state index in [1.165, 1.54) is 17.4 Å². The van der Waals surface area contributed by atoms with Gasteiger partial charge in [0.05, 0.1) is 11.4 Å². The highest BCUT2D eigenvalue weighted by molar-refractivity contribution is 7.16. The normalized spacial score (nSPS) is 11.0. The van der Waals surface area contributed by atoms with Gasteiger partial charge in [-0.2, -0.15) is 5.10 Å². The lowest BCUT2D eigenvalue weighted by molar-refractivity contribution is -0.116. The summed E-state index contributed by atoms with van der Waals surface area (Å²) in [6, 6.07) is 3.65. The first-order valence-corrected chi connectivity index (χ1v) is 9.29. The fourth-order valence-electron chi connectivity index (χ4n) is 2.96. The number of hydrogen-bond acceptors (Lipinski definition) is 4. The lowest BCUT2D eigenvalue weighted by Crippen LogP contribution is -2.12. The average Bonchev–Trinajstić information content (AvgIpc) is 3.08. The van der Waals surface area contributed by atoms with Crippen molar-refractivity contribution in [1.29, 1.82) is 0 Å². The third kappa shape index (κ3) is 4.05. The van der Waals surface area contributed by atoms with Gasteiger partial charge in [-0.25, -0.2) is 13.8 Å². The van der Waals surface area contributed by atoms with E-state index in [1.807, 2.05) is 27.8 Å². The van der Waals surface area contributed by atoms with Crippen LogP contribution in [0.3, 0.4) is 0 Å². The Hall–Kier alpha value is -2.61. The molecule has 0 aliphatic carbocycles. The quantitative estimate of drug-likeness (QED) is 0.706. The molecule has 1 aromatic carbocycles. The first-order valence-electron chi connectivity index (χ1n) is 8.48. The molecule has 2 heterocycles. The molecule has 8 heteroatoms. The highest BCUT2D eigenvalue weighted by Crippen LogP contribution is 2.31. The third-order valence-electron chi connectivity index (χ3n) is 4.50. The van der Waals surface area contributed by atoms with Gasteiger partial charge in [0.25, 0.3) is 0 Å². The number of nitrogens with zero attached hydrogens (tertiary/aromatic N) is 3. The van der Waals surface area contributed by atoms with Crippen molar-refractivity contribution in [3.8, 4) is 11.3 Å². The summed E-state index contributed by atoms with van der Waals surface area (Å²) < 4.78 is 28.4. The maximum atomic E-state index is 13.5. The van der Waals surface area contributed by atoms with Crippen LogP contribution in [-0.2, 0) is 18.3 Å². The van der Waals surface area contributed by atoms with E-state index in [1.54, 1.807) is 4.68 Å². The van der Waals surface area contributed by atoms with Crippen LogP contribution in [0.25, 0.3) is 11.3 Å². The molecule has 0 bridgehead atoms. The lowest BCUT2D eigenvalue weighted by Gasteiger charge is -2.03. The van der Waals surface area contributed by atoms with E-state index in [2.05, 4.69) is 15.4 Å². The van der Waals surface area contributed by atoms with Crippen LogP contribution >= 0.6 is 11.3 Å². The largest absolute Gasteiger partial charge is 0.302 e. The second-order valence-electron chi connectivity index (χ2n) is 6.37. The minimum absolute atomic E-state index is 0.150. The molecule has 0 radical (unpaired) electrons. The molecular formula is C19H20F2N4OS. The molecule has 0 aliphatic rings. The number of nitrogens with one attached hydrogen (secondary N) is 1. The van der Waals surface area contributed by atoms with E-state index in [9.17, 15) is 13.6 Å². The summed E-state index contributed by atoms with van der Waals surface area (Å²) in [7, 11) is 1.88. The molecule has 3 aromatic rings. The Bertz CT molecular complexity index is 1010. The maximum absolute atomic E-state index is 13.5. The zero-order valence-electron chi connectivity index (χ0n) is 15.6. The van der Waals surface area contributed by atoms with Gasteiger partial charge < -0.3 is 5.32 Å². The number of aromatic nitrogens is 3. The minimum atomic E-state index is -0.923. The van der Waals surface area contributed by atoms with Crippen LogP contribution in [0.5, 0.6) is 0 Å². The van der Waals surface area contributed by atoms with Crippen molar-refractivity contribution in [3.05, 3.63) is 51.7 Å². The van der Waals surface area contributed by atoms with Crippen LogP contribution < -0.4 is 5.32 Å². The van der Waals surface area contributed by atoms with Crippen LogP contribution in [0.15, 0.2) is 18.2 Å². The maximum Gasteiger partial charge on any atom is 0.226 e. The number of benzene rings is 1. The Morgan fingerprint density at radius 2 is 1.96 bits per heavy atom. The number of carbonyl (C=O) groups is 1. The average molecular weight is 390 g/mol. The molecule has 0 fully saturated rings. The minimum Gasteiger partial charge on any atom is -0.302 e. The third-order valence-corrected chi connectivity index (χ3v) is 5.38. The number of anilines is 1. The summed E-state index contributed by atoms with van der Waals surface area (Å²) in [5.41, 5.74) is 4.06. The van der Waals surface area contributed by atoms with Crippen LogP contribution in [0.1, 0.15) is 28.2 Å². The van der Waals surface area contributed by atoms with Crippen molar-refractivity contribution in [1.82, 2.24) is 14.8 Å². The highest BCUT2D eigenvalue weighted by atomic mass is 32.1. The first-order chi connectivity index (χ1) is 12.8. The standard InChI is InChI=1S/C19H20F2N4OS/c1-10-14(11(2)25(4)24-10)6-8-17(26)22-19-23-18(12(3)27-19)13-5-7-15(20)16(21)9-13/h5,7,9H,6,8H2,1-4H3,(H,22,23,26). The lowest BCUT2D eigenvalue weighted by atomic mass is 10.1. The van der Waals surface area contributed by atoms with Crippen molar-refractivity contribution in [3.63, 3.8) is 0 Å². The van der Waals surface area contributed by atoms with Gasteiger partial charge in [0.15, 0.2) is 16.8 Å². The predicted molar refractivity (Wildman–Crippen MR) is 102 cm³/mol. The van der Waals surface area contributed by atoms with E-state index in [0.717, 1.165) is 34.0 Å². The van der Waals surface area contributed by atoms with Crippen molar-refractivity contribution in [2.24, 2.45) is 7.05 Å². The molecule has 0 saturated carbocycles. The summed E-state index contributed by atoms with van der Waals surface area (Å²) in [5.74, 6) is -1.97. The molecule has 0 spiro atoms. The van der Waals surface area contributed by atoms with Crippen LogP contribution in [0.4, 0.5) is 13.9 Å². The summed E-state index contributed by atoms with van der Waals surface area (Å²) in [6.45, 7) is 5.73. The Balaban J connectivity index is 1.69. The topological polar surface area (TPSA) is 59.8 Å². The molecule has 0 aliphatic heterocycles. The molecule has 142 valence electrons. The fraction of sp³-hybridized carbons (Fsp3) is 0.316. The molecule has 27 heavy (non-hydrogen) atoms. The second kappa shape index (κ2) is 7.56. The van der Waals surface area contributed by atoms with Gasteiger partial charge in [0, 0.05) is 29.6 Å². The summed E-state index contributed by atoms with van der Waals surface area (Å²) in [4.78, 5) is 17.5. The van der Waals surface area contributed by atoms with E-state index in [4.69, 9.17) is 0 Å². The van der Waals surface area contributed by atoms with Crippen LogP contribution in [0.2, 0.25) is 0 Å². The smallest absolute Gasteiger partial charge is 0.226 e. The van der Waals surface area contributed by atoms with E-state index < -0.39 is 11.6 Å². The molecule has 5 nitrogen and oxygen atoms in total. The van der Waals surface area contributed by atoms with Gasteiger partial charge in [0.2, 0.25) is 5.91 Å². The summed E-state index contributed by atoms with van der Waals surface area (Å²) in [6.07, 6.45) is 0.907. The number of halogens is 2. The molecule has 0 saturated heterocycles. The highest BCUT2D eigenvalue weighted by Gasteiger charge is 2.15. The van der Waals surface area contributed by atoms with Gasteiger partial charge in [-0.3, -0.25) is 9.48 Å². The zero-order chi connectivity index (χ0) is 19.7. The molecule has 3 rings (SSSR count). The molecule has 1 N–H and O–H groups in total. The summed E-state index contributed by atoms with van der Waals surface area (Å²) >= 11 is 1.30. The molecule has 0 unspecified atom stereocenters. The Labute approximate surface area is 160 Å². The molecule has 2 aromatic heterocycles. The van der Waals surface area contributed by atoms with Crippen LogP contribution in [-0.4, -0.2) is 20.7 Å². The molecule has 0 atom stereocenters. The van der Waals surface area contributed by atoms with Crippen molar-refractivity contribution >= 4 is 22.4 Å². The molecule has 1 amide bonds. The Morgan fingerprint density at radius 1 is 1.22 bits per heavy atom. The monoisotopic (exact) mass is 390 g/mol. The molecular weight excluding hydrogens is 370 g/mol. The van der Waals surface area contributed by atoms with Crippen molar-refractivity contribution in [2.45, 2.75) is 33.6 Å². The second-order valence-corrected chi connectivity index (χ2v) is 7.58. The van der Waals surface area contributed by atoms with Crippen LogP contribution in [0, 0.1) is 32.4 Å². The fourth-order valence-corrected chi connectivity index (χ4v) is 3.81. The van der Waals surface area contributed by atoms with Gasteiger partial charge in [-0.15, -0.1) is 11.3 Å². The van der Waals surface area contributed by atoms with E-state index >= 15 is 0 Å². The SMILES string of the molecule is Cc1nn(C)c(C)c1CCC(=O)Nc1nc(-c2ccc(F)c(F)c2)c(C)s1. The van der Waals surface area contributed by atoms with Crippen molar-refractivity contribution < 1.29 is 13.6 Å². The number of amides is 1. The zero-order valence-corrected chi connectivity index (χ0v) is 16.4. The van der Waals surface area contributed by atoms with Crippen molar-refractivity contribution in [2.75, 3.05) is 5.32 Å². The van der Waals surface area contributed by atoms with Gasteiger partial charge in [0.1, 0.15) is 0 Å².